The standard InChI is InChI=1S/C12H18BrNO/c1-3-6-14-9-10(4-2)8-12-11(13)5-7-15-12/h5,7-8,14H,3-4,6,9H2,1-2H3/b10-8+. The molecule has 1 rings (SSSR count). The minimum atomic E-state index is 0.908. The molecule has 84 valence electrons. The van der Waals surface area contributed by atoms with Crippen molar-refractivity contribution in [3.05, 3.63) is 28.1 Å². The number of nitrogens with one attached hydrogen (secondary N) is 1. The molecule has 0 radical (unpaired) electrons. The first-order chi connectivity index (χ1) is 7.27. The van der Waals surface area contributed by atoms with Gasteiger partial charge in [0.25, 0.3) is 0 Å². The molecule has 2 nitrogen and oxygen atoms in total. The van der Waals surface area contributed by atoms with Crippen molar-refractivity contribution in [2.75, 3.05) is 13.1 Å². The van der Waals surface area contributed by atoms with Gasteiger partial charge in [0.05, 0.1) is 10.7 Å². The number of hydrogen-bond donors (Lipinski definition) is 1. The Morgan fingerprint density at radius 1 is 1.53 bits per heavy atom. The Morgan fingerprint density at radius 2 is 2.33 bits per heavy atom. The Bertz CT molecular complexity index is 317. The maximum Gasteiger partial charge on any atom is 0.140 e. The first kappa shape index (κ1) is 12.5. The minimum Gasteiger partial charge on any atom is -0.464 e. The van der Waals surface area contributed by atoms with Crippen molar-refractivity contribution >= 4 is 22.0 Å². The van der Waals surface area contributed by atoms with Gasteiger partial charge in [-0.05, 0) is 47.5 Å². The molecule has 0 atom stereocenters. The fraction of sp³-hybridized carbons (Fsp3) is 0.500. The second-order valence-electron chi connectivity index (χ2n) is 3.47. The lowest BCUT2D eigenvalue weighted by Gasteiger charge is -2.05. The molecular weight excluding hydrogens is 254 g/mol. The van der Waals surface area contributed by atoms with Gasteiger partial charge in [-0.3, -0.25) is 0 Å². The van der Waals surface area contributed by atoms with Crippen LogP contribution in [0.25, 0.3) is 6.08 Å². The van der Waals surface area contributed by atoms with Gasteiger partial charge in [0.15, 0.2) is 0 Å². The summed E-state index contributed by atoms with van der Waals surface area (Å²) in [6.45, 7) is 6.34. The molecule has 0 amide bonds. The predicted octanol–water partition coefficient (Wildman–Crippen LogP) is 3.84. The molecular formula is C12H18BrNO. The maximum atomic E-state index is 5.35. The summed E-state index contributed by atoms with van der Waals surface area (Å²) in [5.74, 6) is 0.908. The van der Waals surface area contributed by atoms with Crippen LogP contribution >= 0.6 is 15.9 Å². The number of rotatable bonds is 6. The van der Waals surface area contributed by atoms with Crippen LogP contribution in [0.1, 0.15) is 32.4 Å². The summed E-state index contributed by atoms with van der Waals surface area (Å²) in [4.78, 5) is 0. The molecule has 1 aromatic heterocycles. The van der Waals surface area contributed by atoms with Crippen molar-refractivity contribution in [1.82, 2.24) is 5.32 Å². The first-order valence-corrected chi connectivity index (χ1v) is 6.20. The van der Waals surface area contributed by atoms with Crippen LogP contribution in [0.3, 0.4) is 0 Å². The zero-order valence-electron chi connectivity index (χ0n) is 9.35. The largest absolute Gasteiger partial charge is 0.464 e. The second kappa shape index (κ2) is 6.85. The lowest BCUT2D eigenvalue weighted by atomic mass is 10.1. The summed E-state index contributed by atoms with van der Waals surface area (Å²) in [6.07, 6.45) is 6.01. The SMILES string of the molecule is CCCNC/C(=C/c1occc1Br)CC. The van der Waals surface area contributed by atoms with E-state index >= 15 is 0 Å². The molecule has 0 unspecified atom stereocenters. The van der Waals surface area contributed by atoms with Gasteiger partial charge in [-0.25, -0.2) is 0 Å². The number of halogens is 1. The molecule has 0 aliphatic carbocycles. The molecule has 0 saturated heterocycles. The van der Waals surface area contributed by atoms with Gasteiger partial charge in [-0.1, -0.05) is 19.4 Å². The Labute approximate surface area is 99.9 Å². The van der Waals surface area contributed by atoms with Gasteiger partial charge in [-0.15, -0.1) is 0 Å². The third kappa shape index (κ3) is 4.22. The van der Waals surface area contributed by atoms with E-state index < -0.39 is 0 Å². The third-order valence-electron chi connectivity index (χ3n) is 2.21. The fourth-order valence-corrected chi connectivity index (χ4v) is 1.61. The van der Waals surface area contributed by atoms with E-state index in [0.29, 0.717) is 0 Å². The van der Waals surface area contributed by atoms with Crippen molar-refractivity contribution in [3.8, 4) is 0 Å². The van der Waals surface area contributed by atoms with Crippen LogP contribution in [0.2, 0.25) is 0 Å². The van der Waals surface area contributed by atoms with E-state index in [1.807, 2.05) is 6.07 Å². The highest BCUT2D eigenvalue weighted by Gasteiger charge is 2.01. The van der Waals surface area contributed by atoms with Crippen molar-refractivity contribution in [2.45, 2.75) is 26.7 Å². The summed E-state index contributed by atoms with van der Waals surface area (Å²) >= 11 is 3.45. The highest BCUT2D eigenvalue weighted by molar-refractivity contribution is 9.10. The minimum absolute atomic E-state index is 0.908. The highest BCUT2D eigenvalue weighted by atomic mass is 79.9. The highest BCUT2D eigenvalue weighted by Crippen LogP contribution is 2.20. The fourth-order valence-electron chi connectivity index (χ4n) is 1.30. The van der Waals surface area contributed by atoms with Gasteiger partial charge < -0.3 is 9.73 Å². The van der Waals surface area contributed by atoms with E-state index in [1.165, 1.54) is 12.0 Å². The summed E-state index contributed by atoms with van der Waals surface area (Å²) in [5, 5.41) is 3.39. The van der Waals surface area contributed by atoms with Gasteiger partial charge in [0, 0.05) is 6.54 Å². The quantitative estimate of drug-likeness (QED) is 0.796. The van der Waals surface area contributed by atoms with E-state index in [1.54, 1.807) is 6.26 Å². The van der Waals surface area contributed by atoms with Crippen LogP contribution in [-0.2, 0) is 0 Å². The van der Waals surface area contributed by atoms with E-state index in [2.05, 4.69) is 41.2 Å². The van der Waals surface area contributed by atoms with E-state index in [9.17, 15) is 0 Å². The topological polar surface area (TPSA) is 25.2 Å². The van der Waals surface area contributed by atoms with Crippen LogP contribution in [0.15, 0.2) is 26.8 Å². The van der Waals surface area contributed by atoms with Gasteiger partial charge in [0.1, 0.15) is 5.76 Å². The first-order valence-electron chi connectivity index (χ1n) is 5.41. The zero-order chi connectivity index (χ0) is 11.1. The lowest BCUT2D eigenvalue weighted by Crippen LogP contribution is -2.17. The van der Waals surface area contributed by atoms with Crippen molar-refractivity contribution in [3.63, 3.8) is 0 Å². The average Bonchev–Trinajstić information content (AvgIpc) is 2.63. The van der Waals surface area contributed by atoms with E-state index in [4.69, 9.17) is 4.42 Å². The predicted molar refractivity (Wildman–Crippen MR) is 67.8 cm³/mol. The zero-order valence-corrected chi connectivity index (χ0v) is 10.9. The molecule has 1 N–H and O–H groups in total. The van der Waals surface area contributed by atoms with Gasteiger partial charge in [0.2, 0.25) is 0 Å². The molecule has 0 saturated carbocycles. The number of furan rings is 1. The molecule has 0 fully saturated rings. The molecule has 15 heavy (non-hydrogen) atoms. The summed E-state index contributed by atoms with van der Waals surface area (Å²) in [7, 11) is 0. The maximum absolute atomic E-state index is 5.35. The molecule has 0 bridgehead atoms. The van der Waals surface area contributed by atoms with Crippen LogP contribution in [0.4, 0.5) is 0 Å². The molecule has 0 aliphatic heterocycles. The summed E-state index contributed by atoms with van der Waals surface area (Å²) in [5.41, 5.74) is 1.36. The Kier molecular flexibility index (Phi) is 5.73. The van der Waals surface area contributed by atoms with Crippen LogP contribution in [0.5, 0.6) is 0 Å². The molecule has 0 aromatic carbocycles. The van der Waals surface area contributed by atoms with Crippen LogP contribution in [0, 0.1) is 0 Å². The Morgan fingerprint density at radius 3 is 2.87 bits per heavy atom. The van der Waals surface area contributed by atoms with Crippen molar-refractivity contribution in [2.24, 2.45) is 0 Å². The summed E-state index contributed by atoms with van der Waals surface area (Å²) < 4.78 is 6.37. The van der Waals surface area contributed by atoms with Crippen molar-refractivity contribution in [1.29, 1.82) is 0 Å². The van der Waals surface area contributed by atoms with Crippen LogP contribution in [-0.4, -0.2) is 13.1 Å². The normalized spacial score (nSPS) is 12.1. The average molecular weight is 272 g/mol. The molecule has 1 aromatic rings. The molecule has 0 aliphatic rings. The van der Waals surface area contributed by atoms with E-state index in [-0.39, 0.29) is 0 Å². The van der Waals surface area contributed by atoms with E-state index in [0.717, 1.165) is 29.7 Å². The van der Waals surface area contributed by atoms with Crippen LogP contribution < -0.4 is 5.32 Å². The monoisotopic (exact) mass is 271 g/mol. The lowest BCUT2D eigenvalue weighted by molar-refractivity contribution is 0.554. The third-order valence-corrected chi connectivity index (χ3v) is 2.87. The van der Waals surface area contributed by atoms with Gasteiger partial charge >= 0.3 is 0 Å². The number of hydrogen-bond acceptors (Lipinski definition) is 2. The smallest absolute Gasteiger partial charge is 0.140 e. The van der Waals surface area contributed by atoms with Crippen molar-refractivity contribution < 1.29 is 4.42 Å². The Balaban J connectivity index is 2.57. The molecule has 3 heteroatoms. The summed E-state index contributed by atoms with van der Waals surface area (Å²) in [6, 6.07) is 1.92. The Hall–Kier alpha value is -0.540. The second-order valence-corrected chi connectivity index (χ2v) is 4.32. The molecule has 0 spiro atoms. The van der Waals surface area contributed by atoms with Gasteiger partial charge in [-0.2, -0.15) is 0 Å². The molecule has 1 heterocycles.